The third kappa shape index (κ3) is 3.44. The van der Waals surface area contributed by atoms with Crippen LogP contribution < -0.4 is 0 Å². The minimum atomic E-state index is -0.181. The zero-order valence-electron chi connectivity index (χ0n) is 19.7. The van der Waals surface area contributed by atoms with Gasteiger partial charge in [0.15, 0.2) is 0 Å². The lowest BCUT2D eigenvalue weighted by molar-refractivity contribution is -0.116. The predicted molar refractivity (Wildman–Crippen MR) is 119 cm³/mol. The highest BCUT2D eigenvalue weighted by molar-refractivity contribution is 5.57. The van der Waals surface area contributed by atoms with Crippen molar-refractivity contribution in [3.05, 3.63) is 0 Å². The molecule has 4 rings (SSSR count). The normalized spacial score (nSPS) is 50.1. The molecule has 5 unspecified atom stereocenters. The van der Waals surface area contributed by atoms with E-state index in [-0.39, 0.29) is 17.4 Å². The highest BCUT2D eigenvalue weighted by Gasteiger charge is 2.66. The van der Waals surface area contributed by atoms with Crippen LogP contribution in [0.15, 0.2) is 0 Å². The molecule has 0 radical (unpaired) electrons. The molecule has 0 bridgehead atoms. The van der Waals surface area contributed by atoms with E-state index in [1.165, 1.54) is 51.2 Å². The van der Waals surface area contributed by atoms with E-state index >= 15 is 0 Å². The van der Waals surface area contributed by atoms with Crippen LogP contribution in [0.25, 0.3) is 0 Å². The lowest BCUT2D eigenvalue weighted by Gasteiger charge is -2.51. The summed E-state index contributed by atoms with van der Waals surface area (Å²) in [6.07, 6.45) is 13.6. The summed E-state index contributed by atoms with van der Waals surface area (Å²) in [6, 6.07) is 0. The number of hydrogen-bond acceptors (Lipinski definition) is 2. The molecule has 0 heterocycles. The zero-order chi connectivity index (χ0) is 21.0. The minimum absolute atomic E-state index is 0.181. The third-order valence-corrected chi connectivity index (χ3v) is 10.8. The smallest absolute Gasteiger partial charge is 0.123 e. The van der Waals surface area contributed by atoms with Crippen molar-refractivity contribution in [2.75, 3.05) is 0 Å². The van der Waals surface area contributed by atoms with Gasteiger partial charge in [-0.1, -0.05) is 53.9 Å². The van der Waals surface area contributed by atoms with Gasteiger partial charge in [-0.25, -0.2) is 0 Å². The first-order valence-corrected chi connectivity index (χ1v) is 12.9. The Morgan fingerprint density at radius 2 is 1.62 bits per heavy atom. The standard InChI is InChI=1S/C27H46O2/c1-17(2)7-6-8-18(3)21-9-10-22-25-20(16-28)24-15-19(29)11-13-27(24,5)23(25)12-14-26(21,22)4/h16-25,29H,6-15H2,1-5H3/t18-,19+,20?,21-,22?,23?,24?,25?,26-,27-/m1/s1. The Hall–Kier alpha value is -0.370. The number of carbonyl (C=O) groups excluding carboxylic acids is 1. The van der Waals surface area contributed by atoms with E-state index in [1.54, 1.807) is 0 Å². The molecule has 0 aromatic rings. The molecular weight excluding hydrogens is 356 g/mol. The second-order valence-electron chi connectivity index (χ2n) is 12.6. The van der Waals surface area contributed by atoms with Gasteiger partial charge in [-0.2, -0.15) is 0 Å². The van der Waals surface area contributed by atoms with E-state index in [1.807, 2.05) is 0 Å². The topological polar surface area (TPSA) is 37.3 Å². The van der Waals surface area contributed by atoms with Crippen molar-refractivity contribution >= 4 is 6.29 Å². The summed E-state index contributed by atoms with van der Waals surface area (Å²) in [5.74, 6) is 5.11. The van der Waals surface area contributed by atoms with Crippen molar-refractivity contribution in [1.82, 2.24) is 0 Å². The maximum atomic E-state index is 12.4. The highest BCUT2D eigenvalue weighted by Crippen LogP contribution is 2.71. The summed E-state index contributed by atoms with van der Waals surface area (Å²) in [7, 11) is 0. The highest BCUT2D eigenvalue weighted by atomic mass is 16.3. The third-order valence-electron chi connectivity index (χ3n) is 10.8. The maximum Gasteiger partial charge on any atom is 0.123 e. The van der Waals surface area contributed by atoms with Gasteiger partial charge in [0, 0.05) is 5.92 Å². The van der Waals surface area contributed by atoms with Gasteiger partial charge in [0.1, 0.15) is 6.29 Å². The van der Waals surface area contributed by atoms with Crippen molar-refractivity contribution in [1.29, 1.82) is 0 Å². The average Bonchev–Trinajstić information content (AvgIpc) is 3.13. The molecule has 0 amide bonds. The average molecular weight is 403 g/mol. The molecule has 4 aliphatic carbocycles. The summed E-state index contributed by atoms with van der Waals surface area (Å²) in [6.45, 7) is 12.3. The number of hydrogen-bond donors (Lipinski definition) is 1. The molecule has 0 aliphatic heterocycles. The number of rotatable bonds is 6. The van der Waals surface area contributed by atoms with Crippen molar-refractivity contribution < 1.29 is 9.90 Å². The van der Waals surface area contributed by atoms with Crippen molar-refractivity contribution in [3.63, 3.8) is 0 Å². The van der Waals surface area contributed by atoms with Crippen LogP contribution in [0.5, 0.6) is 0 Å². The van der Waals surface area contributed by atoms with E-state index in [0.29, 0.717) is 23.2 Å². The molecule has 1 N–H and O–H groups in total. The van der Waals surface area contributed by atoms with E-state index in [4.69, 9.17) is 0 Å². The lowest BCUT2D eigenvalue weighted by Crippen LogP contribution is -2.45. The number of carbonyl (C=O) groups is 1. The van der Waals surface area contributed by atoms with E-state index in [9.17, 15) is 9.90 Å². The first-order valence-electron chi connectivity index (χ1n) is 12.9. The van der Waals surface area contributed by atoms with Gasteiger partial charge < -0.3 is 9.90 Å². The van der Waals surface area contributed by atoms with Crippen molar-refractivity contribution in [2.45, 2.75) is 105 Å². The van der Waals surface area contributed by atoms with Gasteiger partial charge in [-0.15, -0.1) is 0 Å². The Morgan fingerprint density at radius 3 is 2.31 bits per heavy atom. The van der Waals surface area contributed by atoms with Crippen LogP contribution in [0.4, 0.5) is 0 Å². The quantitative estimate of drug-likeness (QED) is 0.515. The molecular formula is C27H46O2. The first kappa shape index (κ1) is 21.8. The van der Waals surface area contributed by atoms with Gasteiger partial charge in [0.25, 0.3) is 0 Å². The van der Waals surface area contributed by atoms with Crippen molar-refractivity contribution in [2.24, 2.45) is 58.2 Å². The van der Waals surface area contributed by atoms with Gasteiger partial charge in [0.2, 0.25) is 0 Å². The Bertz CT molecular complexity index is 599. The lowest BCUT2D eigenvalue weighted by atomic mass is 9.53. The maximum absolute atomic E-state index is 12.4. The molecule has 0 saturated heterocycles. The fourth-order valence-corrected chi connectivity index (χ4v) is 9.38. The molecule has 10 atom stereocenters. The number of aliphatic hydroxyl groups excluding tert-OH is 1. The van der Waals surface area contributed by atoms with Crippen LogP contribution in [-0.4, -0.2) is 17.5 Å². The van der Waals surface area contributed by atoms with Crippen LogP contribution in [0.2, 0.25) is 0 Å². The second kappa shape index (κ2) is 7.95. The molecule has 166 valence electrons. The number of aliphatic hydroxyl groups is 1. The van der Waals surface area contributed by atoms with E-state index < -0.39 is 0 Å². The predicted octanol–water partition coefficient (Wildman–Crippen LogP) is 6.50. The second-order valence-corrected chi connectivity index (χ2v) is 12.6. The fraction of sp³-hybridized carbons (Fsp3) is 0.963. The summed E-state index contributed by atoms with van der Waals surface area (Å²) in [4.78, 5) is 12.4. The number of fused-ring (bicyclic) bond motifs is 5. The van der Waals surface area contributed by atoms with Crippen LogP contribution >= 0.6 is 0 Å². The van der Waals surface area contributed by atoms with Gasteiger partial charge in [-0.3, -0.25) is 0 Å². The van der Waals surface area contributed by atoms with Crippen LogP contribution in [-0.2, 0) is 4.79 Å². The molecule has 29 heavy (non-hydrogen) atoms. The SMILES string of the molecule is CC(C)CCC[C@@H](C)[C@H]1CCC2C3C(C=O)C4C[C@@H](O)CC[C@]4(C)C3CC[C@@]21C. The van der Waals surface area contributed by atoms with Crippen LogP contribution in [0.1, 0.15) is 98.8 Å². The molecule has 2 heteroatoms. The van der Waals surface area contributed by atoms with Gasteiger partial charge >= 0.3 is 0 Å². The largest absolute Gasteiger partial charge is 0.393 e. The first-order chi connectivity index (χ1) is 13.7. The summed E-state index contributed by atoms with van der Waals surface area (Å²) < 4.78 is 0. The van der Waals surface area contributed by atoms with Gasteiger partial charge in [-0.05, 0) is 97.2 Å². The Morgan fingerprint density at radius 1 is 0.931 bits per heavy atom. The molecule has 4 saturated carbocycles. The van der Waals surface area contributed by atoms with E-state index in [2.05, 4.69) is 34.6 Å². The van der Waals surface area contributed by atoms with Crippen LogP contribution in [0, 0.1) is 58.2 Å². The fourth-order valence-electron chi connectivity index (χ4n) is 9.38. The molecule has 0 aromatic heterocycles. The number of aldehydes is 1. The molecule has 0 spiro atoms. The molecule has 4 aliphatic rings. The van der Waals surface area contributed by atoms with Crippen LogP contribution in [0.3, 0.4) is 0 Å². The Balaban J connectivity index is 1.55. The van der Waals surface area contributed by atoms with E-state index in [0.717, 1.165) is 42.9 Å². The molecule has 2 nitrogen and oxygen atoms in total. The van der Waals surface area contributed by atoms with Gasteiger partial charge in [0.05, 0.1) is 6.10 Å². The monoisotopic (exact) mass is 402 g/mol. The Labute approximate surface area is 179 Å². The Kier molecular flexibility index (Phi) is 5.99. The minimum Gasteiger partial charge on any atom is -0.393 e. The summed E-state index contributed by atoms with van der Waals surface area (Å²) >= 11 is 0. The summed E-state index contributed by atoms with van der Waals surface area (Å²) in [5.41, 5.74) is 0.722. The summed E-state index contributed by atoms with van der Waals surface area (Å²) in [5, 5.41) is 10.4. The van der Waals surface area contributed by atoms with Crippen molar-refractivity contribution in [3.8, 4) is 0 Å². The molecule has 0 aromatic carbocycles. The molecule has 4 fully saturated rings. The zero-order valence-corrected chi connectivity index (χ0v) is 19.7.